The van der Waals surface area contributed by atoms with Gasteiger partial charge < -0.3 is 10.4 Å². The number of aliphatic carboxylic acids is 1. The van der Waals surface area contributed by atoms with Crippen LogP contribution in [-0.4, -0.2) is 22.5 Å². The van der Waals surface area contributed by atoms with Crippen molar-refractivity contribution < 1.29 is 14.7 Å². The molecule has 0 rings (SSSR count). The molecule has 86 valence electrons. The van der Waals surface area contributed by atoms with E-state index in [1.165, 1.54) is 0 Å². The van der Waals surface area contributed by atoms with Crippen molar-refractivity contribution in [3.63, 3.8) is 0 Å². The SMILES string of the molecule is C=CCCC(=O)N[C@](C)(CC)CC(=O)O. The van der Waals surface area contributed by atoms with Crippen molar-refractivity contribution in [3.05, 3.63) is 12.7 Å². The summed E-state index contributed by atoms with van der Waals surface area (Å²) in [5.41, 5.74) is -0.649. The largest absolute Gasteiger partial charge is 0.481 e. The van der Waals surface area contributed by atoms with Gasteiger partial charge in [-0.3, -0.25) is 9.59 Å². The predicted octanol–water partition coefficient (Wildman–Crippen LogP) is 1.71. The third kappa shape index (κ3) is 5.88. The number of carbonyl (C=O) groups is 2. The van der Waals surface area contributed by atoms with Gasteiger partial charge in [-0.1, -0.05) is 13.0 Å². The van der Waals surface area contributed by atoms with Gasteiger partial charge in [0.1, 0.15) is 0 Å². The monoisotopic (exact) mass is 213 g/mol. The van der Waals surface area contributed by atoms with Gasteiger partial charge in [0.05, 0.1) is 6.42 Å². The van der Waals surface area contributed by atoms with Crippen molar-refractivity contribution in [3.8, 4) is 0 Å². The van der Waals surface area contributed by atoms with E-state index in [2.05, 4.69) is 11.9 Å². The maximum Gasteiger partial charge on any atom is 0.305 e. The van der Waals surface area contributed by atoms with E-state index in [1.807, 2.05) is 6.92 Å². The number of carboxylic acids is 1. The van der Waals surface area contributed by atoms with E-state index < -0.39 is 11.5 Å². The lowest BCUT2D eigenvalue weighted by molar-refractivity contribution is -0.139. The van der Waals surface area contributed by atoms with Gasteiger partial charge >= 0.3 is 5.97 Å². The summed E-state index contributed by atoms with van der Waals surface area (Å²) in [7, 11) is 0. The molecule has 0 aliphatic carbocycles. The van der Waals surface area contributed by atoms with Gasteiger partial charge in [-0.05, 0) is 19.8 Å². The summed E-state index contributed by atoms with van der Waals surface area (Å²) in [6, 6.07) is 0. The van der Waals surface area contributed by atoms with Crippen LogP contribution in [-0.2, 0) is 9.59 Å². The first-order chi connectivity index (χ1) is 6.93. The summed E-state index contributed by atoms with van der Waals surface area (Å²) in [5, 5.41) is 11.4. The van der Waals surface area contributed by atoms with Crippen LogP contribution in [0.15, 0.2) is 12.7 Å². The number of allylic oxidation sites excluding steroid dienone is 1. The quantitative estimate of drug-likeness (QED) is 0.633. The molecule has 0 bridgehead atoms. The minimum atomic E-state index is -0.900. The van der Waals surface area contributed by atoms with Gasteiger partial charge in [0.15, 0.2) is 0 Å². The van der Waals surface area contributed by atoms with Crippen molar-refractivity contribution in [2.75, 3.05) is 0 Å². The zero-order valence-electron chi connectivity index (χ0n) is 9.38. The zero-order chi connectivity index (χ0) is 11.9. The Hall–Kier alpha value is -1.32. The van der Waals surface area contributed by atoms with Crippen molar-refractivity contribution in [1.82, 2.24) is 5.32 Å². The summed E-state index contributed by atoms with van der Waals surface area (Å²) < 4.78 is 0. The summed E-state index contributed by atoms with van der Waals surface area (Å²) in [6.45, 7) is 7.12. The molecule has 0 aromatic rings. The Bertz CT molecular complexity index is 250. The molecule has 0 saturated carbocycles. The molecule has 0 aromatic heterocycles. The highest BCUT2D eigenvalue weighted by Gasteiger charge is 2.26. The Kier molecular flexibility index (Phi) is 5.67. The Morgan fingerprint density at radius 1 is 1.53 bits per heavy atom. The highest BCUT2D eigenvalue weighted by molar-refractivity contribution is 5.78. The molecule has 0 heterocycles. The number of hydrogen-bond acceptors (Lipinski definition) is 2. The average molecular weight is 213 g/mol. The van der Waals surface area contributed by atoms with Crippen LogP contribution in [0.2, 0.25) is 0 Å². The van der Waals surface area contributed by atoms with Crippen molar-refractivity contribution >= 4 is 11.9 Å². The second-order valence-corrected chi connectivity index (χ2v) is 3.86. The number of nitrogens with one attached hydrogen (secondary N) is 1. The van der Waals surface area contributed by atoms with E-state index in [1.54, 1.807) is 13.0 Å². The molecule has 1 atom stereocenters. The molecule has 0 aliphatic rings. The van der Waals surface area contributed by atoms with Gasteiger partial charge in [-0.25, -0.2) is 0 Å². The van der Waals surface area contributed by atoms with Crippen LogP contribution in [0.25, 0.3) is 0 Å². The van der Waals surface area contributed by atoms with Gasteiger partial charge in [0, 0.05) is 12.0 Å². The fourth-order valence-electron chi connectivity index (χ4n) is 1.22. The number of amides is 1. The fourth-order valence-corrected chi connectivity index (χ4v) is 1.22. The first-order valence-corrected chi connectivity index (χ1v) is 5.07. The zero-order valence-corrected chi connectivity index (χ0v) is 9.38. The summed E-state index contributed by atoms with van der Waals surface area (Å²) in [6.07, 6.45) is 3.18. The first kappa shape index (κ1) is 13.7. The predicted molar refractivity (Wildman–Crippen MR) is 58.5 cm³/mol. The Labute approximate surface area is 90.4 Å². The molecule has 2 N–H and O–H groups in total. The molecule has 4 nitrogen and oxygen atoms in total. The third-order valence-corrected chi connectivity index (χ3v) is 2.34. The smallest absolute Gasteiger partial charge is 0.305 e. The lowest BCUT2D eigenvalue weighted by Gasteiger charge is -2.27. The van der Waals surface area contributed by atoms with Gasteiger partial charge in [0.25, 0.3) is 0 Å². The molecule has 1 amide bonds. The van der Waals surface area contributed by atoms with Crippen LogP contribution in [0.3, 0.4) is 0 Å². The van der Waals surface area contributed by atoms with Crippen LogP contribution in [0.1, 0.15) is 39.5 Å². The number of carbonyl (C=O) groups excluding carboxylic acids is 1. The van der Waals surface area contributed by atoms with E-state index in [4.69, 9.17) is 5.11 Å². The molecule has 15 heavy (non-hydrogen) atoms. The van der Waals surface area contributed by atoms with Crippen molar-refractivity contribution in [2.45, 2.75) is 45.1 Å². The number of hydrogen-bond donors (Lipinski definition) is 2. The highest BCUT2D eigenvalue weighted by atomic mass is 16.4. The summed E-state index contributed by atoms with van der Waals surface area (Å²) >= 11 is 0. The summed E-state index contributed by atoms with van der Waals surface area (Å²) in [5.74, 6) is -1.02. The second kappa shape index (κ2) is 6.22. The van der Waals surface area contributed by atoms with E-state index in [9.17, 15) is 9.59 Å². The summed E-state index contributed by atoms with van der Waals surface area (Å²) in [4.78, 5) is 22.0. The molecule has 4 heteroatoms. The molecule has 0 spiro atoms. The molecule has 0 unspecified atom stereocenters. The van der Waals surface area contributed by atoms with E-state index in [0.717, 1.165) is 0 Å². The number of rotatable bonds is 7. The Morgan fingerprint density at radius 2 is 2.13 bits per heavy atom. The molecular formula is C11H19NO3. The maximum atomic E-state index is 11.4. The minimum Gasteiger partial charge on any atom is -0.481 e. The van der Waals surface area contributed by atoms with Crippen molar-refractivity contribution in [2.24, 2.45) is 0 Å². The average Bonchev–Trinajstić information content (AvgIpc) is 2.13. The van der Waals surface area contributed by atoms with Crippen LogP contribution in [0, 0.1) is 0 Å². The Balaban J connectivity index is 4.23. The van der Waals surface area contributed by atoms with Crippen LogP contribution in [0.4, 0.5) is 0 Å². The molecule has 0 saturated heterocycles. The van der Waals surface area contributed by atoms with E-state index in [0.29, 0.717) is 19.3 Å². The van der Waals surface area contributed by atoms with Gasteiger partial charge in [0.2, 0.25) is 5.91 Å². The lowest BCUT2D eigenvalue weighted by atomic mass is 9.94. The van der Waals surface area contributed by atoms with Crippen LogP contribution in [0.5, 0.6) is 0 Å². The van der Waals surface area contributed by atoms with Gasteiger partial charge in [-0.2, -0.15) is 0 Å². The molecule has 0 radical (unpaired) electrons. The van der Waals surface area contributed by atoms with Crippen molar-refractivity contribution in [1.29, 1.82) is 0 Å². The van der Waals surface area contributed by atoms with Crippen LogP contribution >= 0.6 is 0 Å². The normalized spacial score (nSPS) is 14.0. The molecule has 0 fully saturated rings. The highest BCUT2D eigenvalue weighted by Crippen LogP contribution is 2.14. The van der Waals surface area contributed by atoms with Crippen LogP contribution < -0.4 is 5.32 Å². The molecule has 0 aliphatic heterocycles. The van der Waals surface area contributed by atoms with E-state index in [-0.39, 0.29) is 12.3 Å². The van der Waals surface area contributed by atoms with E-state index >= 15 is 0 Å². The van der Waals surface area contributed by atoms with Gasteiger partial charge in [-0.15, -0.1) is 6.58 Å². The Morgan fingerprint density at radius 3 is 2.53 bits per heavy atom. The first-order valence-electron chi connectivity index (χ1n) is 5.07. The maximum absolute atomic E-state index is 11.4. The standard InChI is InChI=1S/C11H19NO3/c1-4-6-7-9(13)12-11(3,5-2)8-10(14)15/h4H,1,5-8H2,2-3H3,(H,12,13)(H,14,15)/t11-/m1/s1. The molecular weight excluding hydrogens is 194 g/mol. The third-order valence-electron chi connectivity index (χ3n) is 2.34. The minimum absolute atomic E-state index is 0.0523. The topological polar surface area (TPSA) is 66.4 Å². The molecule has 0 aromatic carbocycles. The second-order valence-electron chi connectivity index (χ2n) is 3.86. The lowest BCUT2D eigenvalue weighted by Crippen LogP contribution is -2.46. The number of carboxylic acid groups (broad SMARTS) is 1. The fraction of sp³-hybridized carbons (Fsp3) is 0.636.